The van der Waals surface area contributed by atoms with Crippen molar-refractivity contribution >= 4 is 5.69 Å². The van der Waals surface area contributed by atoms with Crippen LogP contribution in [0.3, 0.4) is 0 Å². The maximum Gasteiger partial charge on any atom is 0.0638 e. The second-order valence-corrected chi connectivity index (χ2v) is 5.67. The number of benzene rings is 1. The Morgan fingerprint density at radius 1 is 1.20 bits per heavy atom. The van der Waals surface area contributed by atoms with Crippen LogP contribution >= 0.6 is 0 Å². The molecule has 0 radical (unpaired) electrons. The summed E-state index contributed by atoms with van der Waals surface area (Å²) in [7, 11) is 0. The first-order valence-corrected chi connectivity index (χ1v) is 7.59. The number of rotatable bonds is 4. The maximum atomic E-state index is 8.91. The van der Waals surface area contributed by atoms with E-state index in [2.05, 4.69) is 54.8 Å². The van der Waals surface area contributed by atoms with Gasteiger partial charge in [-0.25, -0.2) is 0 Å². The highest BCUT2D eigenvalue weighted by Crippen LogP contribution is 2.24. The number of nitrogens with zero attached hydrogens (tertiary/aromatic N) is 3. The minimum absolute atomic E-state index is 0.431. The Labute approximate surface area is 122 Å². The molecular weight excluding hydrogens is 246 g/mol. The van der Waals surface area contributed by atoms with Crippen LogP contribution in [0.2, 0.25) is 0 Å². The highest BCUT2D eigenvalue weighted by Gasteiger charge is 2.23. The summed E-state index contributed by atoms with van der Waals surface area (Å²) in [5, 5.41) is 8.91. The topological polar surface area (TPSA) is 30.3 Å². The Balaban J connectivity index is 2.01. The zero-order valence-electron chi connectivity index (χ0n) is 12.9. The van der Waals surface area contributed by atoms with Crippen molar-refractivity contribution in [3.05, 3.63) is 29.3 Å². The molecule has 0 aliphatic carbocycles. The predicted molar refractivity (Wildman–Crippen MR) is 84.0 cm³/mol. The number of hydrogen-bond acceptors (Lipinski definition) is 3. The van der Waals surface area contributed by atoms with Crippen molar-refractivity contribution in [3.8, 4) is 6.07 Å². The normalized spacial score (nSPS) is 17.8. The molecule has 1 fully saturated rings. The van der Waals surface area contributed by atoms with Gasteiger partial charge in [-0.1, -0.05) is 19.1 Å². The SMILES string of the molecule is CCC(CC#N)N1CCN(c2cccc(C)c2C)CC1. The molecule has 1 aliphatic heterocycles. The zero-order valence-corrected chi connectivity index (χ0v) is 12.9. The summed E-state index contributed by atoms with van der Waals surface area (Å²) in [6.07, 6.45) is 1.72. The van der Waals surface area contributed by atoms with Crippen LogP contribution in [0.4, 0.5) is 5.69 Å². The number of nitriles is 1. The van der Waals surface area contributed by atoms with Crippen LogP contribution in [-0.2, 0) is 0 Å². The van der Waals surface area contributed by atoms with Gasteiger partial charge in [0.05, 0.1) is 12.5 Å². The minimum atomic E-state index is 0.431. The third kappa shape index (κ3) is 3.13. The number of anilines is 1. The lowest BCUT2D eigenvalue weighted by Crippen LogP contribution is -2.50. The van der Waals surface area contributed by atoms with E-state index in [0.29, 0.717) is 12.5 Å². The summed E-state index contributed by atoms with van der Waals surface area (Å²) in [4.78, 5) is 4.96. The summed E-state index contributed by atoms with van der Waals surface area (Å²) in [5.41, 5.74) is 4.13. The van der Waals surface area contributed by atoms with Crippen LogP contribution in [0.5, 0.6) is 0 Å². The highest BCUT2D eigenvalue weighted by atomic mass is 15.3. The van der Waals surface area contributed by atoms with Gasteiger partial charge in [-0.3, -0.25) is 4.90 Å². The van der Waals surface area contributed by atoms with Crippen molar-refractivity contribution in [2.45, 2.75) is 39.7 Å². The van der Waals surface area contributed by atoms with Crippen LogP contribution in [0, 0.1) is 25.2 Å². The summed E-state index contributed by atoms with van der Waals surface area (Å²) in [6, 6.07) is 9.30. The Morgan fingerprint density at radius 3 is 2.50 bits per heavy atom. The monoisotopic (exact) mass is 271 g/mol. The molecule has 1 aromatic rings. The molecule has 108 valence electrons. The Hall–Kier alpha value is -1.53. The molecule has 1 atom stereocenters. The van der Waals surface area contributed by atoms with Gasteiger partial charge in [-0.2, -0.15) is 5.26 Å². The van der Waals surface area contributed by atoms with Gasteiger partial charge in [-0.05, 0) is 37.5 Å². The largest absolute Gasteiger partial charge is 0.369 e. The van der Waals surface area contributed by atoms with Crippen LogP contribution in [0.1, 0.15) is 30.9 Å². The summed E-state index contributed by atoms with van der Waals surface area (Å²) < 4.78 is 0. The first-order chi connectivity index (χ1) is 9.67. The van der Waals surface area contributed by atoms with Gasteiger partial charge in [0.25, 0.3) is 0 Å². The van der Waals surface area contributed by atoms with E-state index in [4.69, 9.17) is 5.26 Å². The summed E-state index contributed by atoms with van der Waals surface area (Å²) in [6.45, 7) is 10.8. The van der Waals surface area contributed by atoms with E-state index in [9.17, 15) is 0 Å². The molecule has 1 heterocycles. The molecule has 1 unspecified atom stereocenters. The van der Waals surface area contributed by atoms with E-state index in [-0.39, 0.29) is 0 Å². The molecule has 0 saturated carbocycles. The molecule has 20 heavy (non-hydrogen) atoms. The van der Waals surface area contributed by atoms with E-state index in [1.165, 1.54) is 16.8 Å². The van der Waals surface area contributed by atoms with E-state index in [1.54, 1.807) is 0 Å². The fourth-order valence-electron chi connectivity index (χ4n) is 3.04. The smallest absolute Gasteiger partial charge is 0.0638 e. The molecule has 0 aromatic heterocycles. The fourth-order valence-corrected chi connectivity index (χ4v) is 3.04. The van der Waals surface area contributed by atoms with Crippen molar-refractivity contribution in [1.82, 2.24) is 4.90 Å². The average molecular weight is 271 g/mol. The van der Waals surface area contributed by atoms with Gasteiger partial charge in [0.1, 0.15) is 0 Å². The van der Waals surface area contributed by atoms with Gasteiger partial charge in [-0.15, -0.1) is 0 Å². The van der Waals surface area contributed by atoms with Crippen molar-refractivity contribution < 1.29 is 0 Å². The maximum absolute atomic E-state index is 8.91. The second-order valence-electron chi connectivity index (χ2n) is 5.67. The first-order valence-electron chi connectivity index (χ1n) is 7.59. The zero-order chi connectivity index (χ0) is 14.5. The van der Waals surface area contributed by atoms with Crippen molar-refractivity contribution in [2.24, 2.45) is 0 Å². The highest BCUT2D eigenvalue weighted by molar-refractivity contribution is 5.56. The molecule has 0 spiro atoms. The van der Waals surface area contributed by atoms with E-state index in [1.807, 2.05) is 0 Å². The molecule has 1 saturated heterocycles. The van der Waals surface area contributed by atoms with E-state index >= 15 is 0 Å². The predicted octanol–water partition coefficient (Wildman–Crippen LogP) is 3.12. The molecule has 0 bridgehead atoms. The number of aryl methyl sites for hydroxylation is 1. The van der Waals surface area contributed by atoms with Crippen LogP contribution in [0.25, 0.3) is 0 Å². The van der Waals surface area contributed by atoms with Crippen molar-refractivity contribution in [2.75, 3.05) is 31.1 Å². The first kappa shape index (κ1) is 14.9. The average Bonchev–Trinajstić information content (AvgIpc) is 2.48. The molecule has 1 aliphatic rings. The number of piperazine rings is 1. The molecule has 2 rings (SSSR count). The minimum Gasteiger partial charge on any atom is -0.369 e. The van der Waals surface area contributed by atoms with Crippen LogP contribution in [0.15, 0.2) is 18.2 Å². The van der Waals surface area contributed by atoms with Gasteiger partial charge in [0.15, 0.2) is 0 Å². The Morgan fingerprint density at radius 2 is 1.90 bits per heavy atom. The fraction of sp³-hybridized carbons (Fsp3) is 0.588. The molecule has 0 N–H and O–H groups in total. The third-order valence-corrected chi connectivity index (χ3v) is 4.55. The molecule has 3 heteroatoms. The van der Waals surface area contributed by atoms with Crippen molar-refractivity contribution in [1.29, 1.82) is 5.26 Å². The standard InChI is InChI=1S/C17H25N3/c1-4-16(8-9-18)19-10-12-20(13-11-19)17-7-5-6-14(2)15(17)3/h5-7,16H,4,8,10-13H2,1-3H3. The summed E-state index contributed by atoms with van der Waals surface area (Å²) in [5.74, 6) is 0. The second kappa shape index (κ2) is 6.76. The summed E-state index contributed by atoms with van der Waals surface area (Å²) >= 11 is 0. The van der Waals surface area contributed by atoms with Gasteiger partial charge >= 0.3 is 0 Å². The van der Waals surface area contributed by atoms with E-state index < -0.39 is 0 Å². The van der Waals surface area contributed by atoms with Crippen molar-refractivity contribution in [3.63, 3.8) is 0 Å². The lowest BCUT2D eigenvalue weighted by Gasteiger charge is -2.40. The quantitative estimate of drug-likeness (QED) is 0.843. The molecular formula is C17H25N3. The third-order valence-electron chi connectivity index (χ3n) is 4.55. The van der Waals surface area contributed by atoms with Gasteiger partial charge in [0.2, 0.25) is 0 Å². The van der Waals surface area contributed by atoms with Gasteiger partial charge in [0, 0.05) is 37.9 Å². The Bertz CT molecular complexity index is 481. The lowest BCUT2D eigenvalue weighted by molar-refractivity contribution is 0.182. The lowest BCUT2D eigenvalue weighted by atomic mass is 10.1. The Kier molecular flexibility index (Phi) is 5.03. The van der Waals surface area contributed by atoms with E-state index in [0.717, 1.165) is 32.6 Å². The molecule has 3 nitrogen and oxygen atoms in total. The molecule has 1 aromatic carbocycles. The number of hydrogen-bond donors (Lipinski definition) is 0. The molecule has 0 amide bonds. The van der Waals surface area contributed by atoms with Gasteiger partial charge < -0.3 is 4.90 Å². The van der Waals surface area contributed by atoms with Crippen LogP contribution in [-0.4, -0.2) is 37.1 Å². The van der Waals surface area contributed by atoms with Crippen LogP contribution < -0.4 is 4.90 Å².